The van der Waals surface area contributed by atoms with Crippen LogP contribution in [0.1, 0.15) is 16.7 Å². The SMILES string of the molecule is COc1ccc(/C=C/C(=O)OCc2ccc(C)cc2)cc1OC. The van der Waals surface area contributed by atoms with Crippen LogP contribution in [0.5, 0.6) is 11.5 Å². The molecule has 0 aromatic heterocycles. The number of benzene rings is 2. The Balaban J connectivity index is 1.94. The highest BCUT2D eigenvalue weighted by Crippen LogP contribution is 2.27. The molecular weight excluding hydrogens is 292 g/mol. The molecule has 0 atom stereocenters. The standard InChI is InChI=1S/C19H20O4/c1-14-4-6-16(7-5-14)13-23-19(20)11-9-15-8-10-17(21-2)18(12-15)22-3/h4-12H,13H2,1-3H3/b11-9+. The first-order chi connectivity index (χ1) is 11.1. The van der Waals surface area contributed by atoms with E-state index in [1.54, 1.807) is 32.4 Å². The third kappa shape index (κ3) is 4.88. The molecule has 0 aliphatic rings. The fourth-order valence-electron chi connectivity index (χ4n) is 2.01. The summed E-state index contributed by atoms with van der Waals surface area (Å²) in [7, 11) is 3.15. The molecule has 0 bridgehead atoms. The molecule has 0 radical (unpaired) electrons. The molecule has 2 rings (SSSR count). The van der Waals surface area contributed by atoms with E-state index in [-0.39, 0.29) is 12.6 Å². The van der Waals surface area contributed by atoms with Gasteiger partial charge in [-0.15, -0.1) is 0 Å². The van der Waals surface area contributed by atoms with E-state index in [0.717, 1.165) is 11.1 Å². The Hall–Kier alpha value is -2.75. The Morgan fingerprint density at radius 1 is 1.00 bits per heavy atom. The van der Waals surface area contributed by atoms with Crippen molar-refractivity contribution in [3.63, 3.8) is 0 Å². The second-order valence-corrected chi connectivity index (χ2v) is 5.04. The van der Waals surface area contributed by atoms with Gasteiger partial charge in [-0.2, -0.15) is 0 Å². The minimum absolute atomic E-state index is 0.259. The van der Waals surface area contributed by atoms with Gasteiger partial charge >= 0.3 is 5.97 Å². The molecule has 0 aliphatic carbocycles. The van der Waals surface area contributed by atoms with E-state index in [4.69, 9.17) is 14.2 Å². The maximum absolute atomic E-state index is 11.8. The van der Waals surface area contributed by atoms with Gasteiger partial charge < -0.3 is 14.2 Å². The number of esters is 1. The van der Waals surface area contributed by atoms with Crippen molar-refractivity contribution in [2.75, 3.05) is 14.2 Å². The fraction of sp³-hybridized carbons (Fsp3) is 0.211. The summed E-state index contributed by atoms with van der Waals surface area (Å²) in [5, 5.41) is 0. The van der Waals surface area contributed by atoms with Crippen LogP contribution in [-0.2, 0) is 16.1 Å². The summed E-state index contributed by atoms with van der Waals surface area (Å²) in [4.78, 5) is 11.8. The summed E-state index contributed by atoms with van der Waals surface area (Å²) < 4.78 is 15.6. The number of methoxy groups -OCH3 is 2. The average Bonchev–Trinajstić information content (AvgIpc) is 2.59. The third-order valence-corrected chi connectivity index (χ3v) is 3.32. The van der Waals surface area contributed by atoms with Gasteiger partial charge in [0.25, 0.3) is 0 Å². The lowest BCUT2D eigenvalue weighted by Crippen LogP contribution is -2.00. The van der Waals surface area contributed by atoms with Gasteiger partial charge in [-0.05, 0) is 36.3 Å². The number of aryl methyl sites for hydroxylation is 1. The topological polar surface area (TPSA) is 44.8 Å². The Morgan fingerprint density at radius 2 is 1.70 bits per heavy atom. The van der Waals surface area contributed by atoms with Gasteiger partial charge in [0.15, 0.2) is 11.5 Å². The summed E-state index contributed by atoms with van der Waals surface area (Å²) in [6.45, 7) is 2.27. The fourth-order valence-corrected chi connectivity index (χ4v) is 2.01. The minimum Gasteiger partial charge on any atom is -0.493 e. The first-order valence-electron chi connectivity index (χ1n) is 7.25. The summed E-state index contributed by atoms with van der Waals surface area (Å²) in [6.07, 6.45) is 3.08. The lowest BCUT2D eigenvalue weighted by atomic mass is 10.2. The van der Waals surface area contributed by atoms with E-state index in [0.29, 0.717) is 11.5 Å². The Kier molecular flexibility index (Phi) is 5.80. The van der Waals surface area contributed by atoms with Gasteiger partial charge in [0, 0.05) is 6.08 Å². The Morgan fingerprint density at radius 3 is 2.35 bits per heavy atom. The van der Waals surface area contributed by atoms with Crippen LogP contribution in [0.3, 0.4) is 0 Å². The van der Waals surface area contributed by atoms with Crippen molar-refractivity contribution in [1.29, 1.82) is 0 Å². The molecule has 0 amide bonds. The lowest BCUT2D eigenvalue weighted by Gasteiger charge is -2.07. The van der Waals surface area contributed by atoms with Crippen molar-refractivity contribution in [1.82, 2.24) is 0 Å². The van der Waals surface area contributed by atoms with E-state index >= 15 is 0 Å². The van der Waals surface area contributed by atoms with E-state index in [2.05, 4.69) is 0 Å². The predicted molar refractivity (Wildman–Crippen MR) is 89.6 cm³/mol. The van der Waals surface area contributed by atoms with Crippen molar-refractivity contribution in [3.05, 3.63) is 65.2 Å². The number of hydrogen-bond donors (Lipinski definition) is 0. The number of carbonyl (C=O) groups is 1. The van der Waals surface area contributed by atoms with Gasteiger partial charge in [0.1, 0.15) is 6.61 Å². The first-order valence-corrected chi connectivity index (χ1v) is 7.25. The normalized spacial score (nSPS) is 10.6. The molecule has 0 saturated carbocycles. The molecule has 4 nitrogen and oxygen atoms in total. The van der Waals surface area contributed by atoms with Crippen LogP contribution < -0.4 is 9.47 Å². The van der Waals surface area contributed by atoms with Crippen LogP contribution in [0.25, 0.3) is 6.08 Å². The number of hydrogen-bond acceptors (Lipinski definition) is 4. The number of carbonyl (C=O) groups excluding carboxylic acids is 1. The minimum atomic E-state index is -0.389. The van der Waals surface area contributed by atoms with Gasteiger partial charge in [-0.25, -0.2) is 4.79 Å². The molecule has 0 aliphatic heterocycles. The zero-order valence-corrected chi connectivity index (χ0v) is 13.5. The molecule has 2 aromatic carbocycles. The molecule has 23 heavy (non-hydrogen) atoms. The van der Waals surface area contributed by atoms with E-state index < -0.39 is 0 Å². The number of rotatable bonds is 6. The van der Waals surface area contributed by atoms with Crippen LogP contribution in [0, 0.1) is 6.92 Å². The van der Waals surface area contributed by atoms with E-state index in [1.807, 2.05) is 37.3 Å². The first kappa shape index (κ1) is 16.6. The summed E-state index contributed by atoms with van der Waals surface area (Å²) in [6, 6.07) is 13.3. The second-order valence-electron chi connectivity index (χ2n) is 5.04. The van der Waals surface area contributed by atoms with Gasteiger partial charge in [-0.1, -0.05) is 35.9 Å². The van der Waals surface area contributed by atoms with Crippen molar-refractivity contribution < 1.29 is 19.0 Å². The molecule has 0 spiro atoms. The smallest absolute Gasteiger partial charge is 0.331 e. The Labute approximate surface area is 136 Å². The maximum Gasteiger partial charge on any atom is 0.331 e. The van der Waals surface area contributed by atoms with Gasteiger partial charge in [0.05, 0.1) is 14.2 Å². The van der Waals surface area contributed by atoms with E-state index in [9.17, 15) is 4.79 Å². The lowest BCUT2D eigenvalue weighted by molar-refractivity contribution is -0.138. The van der Waals surface area contributed by atoms with Crippen molar-refractivity contribution in [2.24, 2.45) is 0 Å². The second kappa shape index (κ2) is 8.03. The summed E-state index contributed by atoms with van der Waals surface area (Å²) in [5.41, 5.74) is 2.96. The van der Waals surface area contributed by atoms with Crippen molar-refractivity contribution >= 4 is 12.0 Å². The molecule has 0 fully saturated rings. The number of ether oxygens (including phenoxy) is 3. The molecule has 2 aromatic rings. The highest BCUT2D eigenvalue weighted by molar-refractivity contribution is 5.87. The zero-order chi connectivity index (χ0) is 16.7. The largest absolute Gasteiger partial charge is 0.493 e. The molecule has 4 heteroatoms. The van der Waals surface area contributed by atoms with Crippen LogP contribution >= 0.6 is 0 Å². The molecule has 120 valence electrons. The molecule has 0 heterocycles. The van der Waals surface area contributed by atoms with Crippen molar-refractivity contribution in [2.45, 2.75) is 13.5 Å². The molecule has 0 saturated heterocycles. The van der Waals surface area contributed by atoms with Gasteiger partial charge in [0.2, 0.25) is 0 Å². The monoisotopic (exact) mass is 312 g/mol. The summed E-state index contributed by atoms with van der Waals surface area (Å²) >= 11 is 0. The van der Waals surface area contributed by atoms with Gasteiger partial charge in [-0.3, -0.25) is 0 Å². The quantitative estimate of drug-likeness (QED) is 0.601. The maximum atomic E-state index is 11.8. The average molecular weight is 312 g/mol. The van der Waals surface area contributed by atoms with Crippen LogP contribution in [0.15, 0.2) is 48.5 Å². The van der Waals surface area contributed by atoms with Crippen LogP contribution in [0.4, 0.5) is 0 Å². The Bertz CT molecular complexity index is 687. The van der Waals surface area contributed by atoms with E-state index in [1.165, 1.54) is 11.6 Å². The highest BCUT2D eigenvalue weighted by Gasteiger charge is 2.04. The molecular formula is C19H20O4. The third-order valence-electron chi connectivity index (χ3n) is 3.32. The van der Waals surface area contributed by atoms with Crippen LogP contribution in [-0.4, -0.2) is 20.2 Å². The summed E-state index contributed by atoms with van der Waals surface area (Å²) in [5.74, 6) is 0.870. The molecule has 0 N–H and O–H groups in total. The van der Waals surface area contributed by atoms with Crippen LogP contribution in [0.2, 0.25) is 0 Å². The molecule has 0 unspecified atom stereocenters. The highest BCUT2D eigenvalue weighted by atomic mass is 16.5. The zero-order valence-electron chi connectivity index (χ0n) is 13.5. The predicted octanol–water partition coefficient (Wildman–Crippen LogP) is 3.77. The van der Waals surface area contributed by atoms with Crippen molar-refractivity contribution in [3.8, 4) is 11.5 Å².